The van der Waals surface area contributed by atoms with Crippen molar-refractivity contribution in [1.82, 2.24) is 15.1 Å². The van der Waals surface area contributed by atoms with Crippen LogP contribution in [0.5, 0.6) is 0 Å². The third-order valence-corrected chi connectivity index (χ3v) is 3.07. The zero-order chi connectivity index (χ0) is 13.0. The quantitative estimate of drug-likeness (QED) is 0.875. The van der Waals surface area contributed by atoms with Crippen molar-refractivity contribution in [3.8, 4) is 11.1 Å². The van der Waals surface area contributed by atoms with E-state index in [4.69, 9.17) is 0 Å². The summed E-state index contributed by atoms with van der Waals surface area (Å²) >= 11 is 0. The van der Waals surface area contributed by atoms with Crippen molar-refractivity contribution >= 4 is 0 Å². The van der Waals surface area contributed by atoms with Crippen molar-refractivity contribution in [2.24, 2.45) is 0 Å². The lowest BCUT2D eigenvalue weighted by molar-refractivity contribution is 0.603. The summed E-state index contributed by atoms with van der Waals surface area (Å²) in [5.74, 6) is 0. The molecule has 2 aromatic rings. The second-order valence-electron chi connectivity index (χ2n) is 4.67. The van der Waals surface area contributed by atoms with E-state index < -0.39 is 0 Å². The van der Waals surface area contributed by atoms with Crippen LogP contribution >= 0.6 is 0 Å². The third kappa shape index (κ3) is 2.79. The molecule has 18 heavy (non-hydrogen) atoms. The van der Waals surface area contributed by atoms with E-state index in [1.807, 2.05) is 17.9 Å². The summed E-state index contributed by atoms with van der Waals surface area (Å²) in [5, 5.41) is 7.56. The van der Waals surface area contributed by atoms with Gasteiger partial charge in [-0.25, -0.2) is 0 Å². The summed E-state index contributed by atoms with van der Waals surface area (Å²) in [4.78, 5) is 0. The predicted molar refractivity (Wildman–Crippen MR) is 75.5 cm³/mol. The van der Waals surface area contributed by atoms with Gasteiger partial charge in [0.25, 0.3) is 0 Å². The molecule has 1 aromatic carbocycles. The molecule has 0 amide bonds. The summed E-state index contributed by atoms with van der Waals surface area (Å²) in [5.41, 5.74) is 5.10. The van der Waals surface area contributed by atoms with Crippen molar-refractivity contribution in [2.75, 3.05) is 7.05 Å². The molecule has 2 rings (SSSR count). The van der Waals surface area contributed by atoms with E-state index in [0.717, 1.165) is 19.5 Å². The minimum Gasteiger partial charge on any atom is -0.316 e. The van der Waals surface area contributed by atoms with Gasteiger partial charge in [0.1, 0.15) is 0 Å². The average Bonchev–Trinajstić information content (AvgIpc) is 2.78. The minimum absolute atomic E-state index is 0.913. The van der Waals surface area contributed by atoms with E-state index in [0.29, 0.717) is 0 Å². The molecule has 3 nitrogen and oxygen atoms in total. The Labute approximate surface area is 109 Å². The summed E-state index contributed by atoms with van der Waals surface area (Å²) in [6.07, 6.45) is 5.19. The molecule has 0 aliphatic heterocycles. The van der Waals surface area contributed by atoms with E-state index >= 15 is 0 Å². The molecular weight excluding hydrogens is 222 g/mol. The second-order valence-corrected chi connectivity index (χ2v) is 4.67. The van der Waals surface area contributed by atoms with Crippen LogP contribution in [0.3, 0.4) is 0 Å². The second kappa shape index (κ2) is 5.83. The van der Waals surface area contributed by atoms with Gasteiger partial charge in [-0.15, -0.1) is 0 Å². The van der Waals surface area contributed by atoms with E-state index in [1.54, 1.807) is 0 Å². The standard InChI is InChI=1S/C15H21N3/c1-4-7-18-11-14(10-17-18)15-6-5-13(9-16-3)8-12(15)2/h5-6,8,10-11,16H,4,7,9H2,1-3H3. The van der Waals surface area contributed by atoms with Gasteiger partial charge in [0, 0.05) is 24.8 Å². The van der Waals surface area contributed by atoms with Gasteiger partial charge in [-0.05, 0) is 37.1 Å². The fourth-order valence-electron chi connectivity index (χ4n) is 2.22. The molecule has 0 spiro atoms. The maximum atomic E-state index is 4.39. The molecule has 3 heteroatoms. The number of hydrogen-bond acceptors (Lipinski definition) is 2. The Balaban J connectivity index is 2.26. The minimum atomic E-state index is 0.913. The predicted octanol–water partition coefficient (Wildman–Crippen LogP) is 2.99. The van der Waals surface area contributed by atoms with Crippen LogP contribution in [-0.4, -0.2) is 16.8 Å². The number of benzene rings is 1. The number of aryl methyl sites for hydroxylation is 2. The van der Waals surface area contributed by atoms with Gasteiger partial charge in [-0.1, -0.05) is 25.1 Å². The van der Waals surface area contributed by atoms with Crippen LogP contribution < -0.4 is 5.32 Å². The smallest absolute Gasteiger partial charge is 0.0568 e. The molecule has 0 aliphatic rings. The normalized spacial score (nSPS) is 10.8. The van der Waals surface area contributed by atoms with Gasteiger partial charge in [0.15, 0.2) is 0 Å². The number of aromatic nitrogens is 2. The fourth-order valence-corrected chi connectivity index (χ4v) is 2.22. The lowest BCUT2D eigenvalue weighted by atomic mass is 10.0. The highest BCUT2D eigenvalue weighted by atomic mass is 15.3. The van der Waals surface area contributed by atoms with Crippen LogP contribution in [0, 0.1) is 6.92 Å². The molecule has 0 bridgehead atoms. The molecular formula is C15H21N3. The molecule has 96 valence electrons. The average molecular weight is 243 g/mol. The maximum absolute atomic E-state index is 4.39. The summed E-state index contributed by atoms with van der Waals surface area (Å²) in [7, 11) is 1.97. The lowest BCUT2D eigenvalue weighted by Gasteiger charge is -2.06. The van der Waals surface area contributed by atoms with Crippen LogP contribution in [0.4, 0.5) is 0 Å². The Kier molecular flexibility index (Phi) is 4.15. The Morgan fingerprint density at radius 3 is 2.83 bits per heavy atom. The van der Waals surface area contributed by atoms with Crippen LogP contribution in [0.15, 0.2) is 30.6 Å². The van der Waals surface area contributed by atoms with Crippen LogP contribution in [0.25, 0.3) is 11.1 Å². The SMILES string of the molecule is CCCn1cc(-c2ccc(CNC)cc2C)cn1. The van der Waals surface area contributed by atoms with Gasteiger partial charge < -0.3 is 5.32 Å². The van der Waals surface area contributed by atoms with Gasteiger partial charge in [0.2, 0.25) is 0 Å². The molecule has 1 aromatic heterocycles. The van der Waals surface area contributed by atoms with E-state index in [-0.39, 0.29) is 0 Å². The topological polar surface area (TPSA) is 29.9 Å². The number of hydrogen-bond donors (Lipinski definition) is 1. The third-order valence-electron chi connectivity index (χ3n) is 3.07. The highest BCUT2D eigenvalue weighted by molar-refractivity contribution is 5.66. The molecule has 0 fully saturated rings. The van der Waals surface area contributed by atoms with Gasteiger partial charge >= 0.3 is 0 Å². The zero-order valence-electron chi connectivity index (χ0n) is 11.4. The first-order valence-corrected chi connectivity index (χ1v) is 6.51. The van der Waals surface area contributed by atoms with E-state index in [2.05, 4.69) is 48.7 Å². The Morgan fingerprint density at radius 2 is 2.17 bits per heavy atom. The van der Waals surface area contributed by atoms with Crippen molar-refractivity contribution in [2.45, 2.75) is 33.4 Å². The molecule has 0 saturated carbocycles. The first-order chi connectivity index (χ1) is 8.74. The molecule has 0 saturated heterocycles. The van der Waals surface area contributed by atoms with Crippen LogP contribution in [-0.2, 0) is 13.1 Å². The highest BCUT2D eigenvalue weighted by Crippen LogP contribution is 2.23. The molecule has 1 heterocycles. The molecule has 0 atom stereocenters. The summed E-state index contributed by atoms with van der Waals surface area (Å²) < 4.78 is 2.01. The first kappa shape index (κ1) is 12.8. The van der Waals surface area contributed by atoms with E-state index in [9.17, 15) is 0 Å². The van der Waals surface area contributed by atoms with Gasteiger partial charge in [-0.3, -0.25) is 4.68 Å². The maximum Gasteiger partial charge on any atom is 0.0568 e. The van der Waals surface area contributed by atoms with Crippen molar-refractivity contribution in [3.63, 3.8) is 0 Å². The molecule has 0 aliphatic carbocycles. The summed E-state index contributed by atoms with van der Waals surface area (Å²) in [6.45, 7) is 6.22. The van der Waals surface area contributed by atoms with Crippen molar-refractivity contribution in [3.05, 3.63) is 41.7 Å². The monoisotopic (exact) mass is 243 g/mol. The largest absolute Gasteiger partial charge is 0.316 e. The Morgan fingerprint density at radius 1 is 1.33 bits per heavy atom. The molecule has 0 unspecified atom stereocenters. The van der Waals surface area contributed by atoms with Gasteiger partial charge in [0.05, 0.1) is 6.20 Å². The highest BCUT2D eigenvalue weighted by Gasteiger charge is 2.05. The Bertz CT molecular complexity index is 514. The Hall–Kier alpha value is -1.61. The van der Waals surface area contributed by atoms with Crippen LogP contribution in [0.2, 0.25) is 0 Å². The van der Waals surface area contributed by atoms with E-state index in [1.165, 1.54) is 22.3 Å². The first-order valence-electron chi connectivity index (χ1n) is 6.51. The van der Waals surface area contributed by atoms with Crippen LogP contribution in [0.1, 0.15) is 24.5 Å². The summed E-state index contributed by atoms with van der Waals surface area (Å²) in [6, 6.07) is 6.61. The van der Waals surface area contributed by atoms with Gasteiger partial charge in [-0.2, -0.15) is 5.10 Å². The molecule has 0 radical (unpaired) electrons. The number of nitrogens with one attached hydrogen (secondary N) is 1. The molecule has 1 N–H and O–H groups in total. The zero-order valence-corrected chi connectivity index (χ0v) is 11.4. The van der Waals surface area contributed by atoms with Crippen molar-refractivity contribution in [1.29, 1.82) is 0 Å². The fraction of sp³-hybridized carbons (Fsp3) is 0.400. The lowest BCUT2D eigenvalue weighted by Crippen LogP contribution is -2.05. The number of rotatable bonds is 5. The number of nitrogens with zero attached hydrogens (tertiary/aromatic N) is 2. The van der Waals surface area contributed by atoms with Crippen molar-refractivity contribution < 1.29 is 0 Å².